The number of rotatable bonds is 2. The minimum absolute atomic E-state index is 0.577. The van der Waals surface area contributed by atoms with Crippen LogP contribution in [0, 0.1) is 0 Å². The van der Waals surface area contributed by atoms with Gasteiger partial charge in [0.25, 0.3) is 0 Å². The van der Waals surface area contributed by atoms with E-state index in [1.54, 1.807) is 11.8 Å². The molecule has 3 heteroatoms. The highest BCUT2D eigenvalue weighted by molar-refractivity contribution is 7.98. The fourth-order valence-electron chi connectivity index (χ4n) is 2.17. The highest BCUT2D eigenvalue weighted by atomic mass is 32.2. The van der Waals surface area contributed by atoms with E-state index in [-0.39, 0.29) is 0 Å². The fraction of sp³-hybridized carbons (Fsp3) is 0.538. The normalized spacial score (nSPS) is 25.8. The maximum absolute atomic E-state index is 3.51. The summed E-state index contributed by atoms with van der Waals surface area (Å²) in [5.74, 6) is 0. The van der Waals surface area contributed by atoms with Crippen LogP contribution < -0.4 is 10.2 Å². The van der Waals surface area contributed by atoms with Crippen molar-refractivity contribution in [2.45, 2.75) is 30.8 Å². The molecule has 1 N–H and O–H groups in total. The number of piperazine rings is 1. The van der Waals surface area contributed by atoms with Crippen molar-refractivity contribution < 1.29 is 0 Å². The number of thioether (sulfide) groups is 1. The van der Waals surface area contributed by atoms with Gasteiger partial charge in [0.15, 0.2) is 0 Å². The first-order chi connectivity index (χ1) is 7.70. The second-order valence-corrected chi connectivity index (χ2v) is 5.39. The van der Waals surface area contributed by atoms with Gasteiger partial charge in [-0.15, -0.1) is 11.8 Å². The highest BCUT2D eigenvalue weighted by Gasteiger charge is 2.22. The minimum Gasteiger partial charge on any atom is -0.366 e. The third-order valence-electron chi connectivity index (χ3n) is 3.15. The summed E-state index contributed by atoms with van der Waals surface area (Å²) in [4.78, 5) is 3.84. The summed E-state index contributed by atoms with van der Waals surface area (Å²) in [7, 11) is 0. The Morgan fingerprint density at radius 1 is 1.38 bits per heavy atom. The van der Waals surface area contributed by atoms with Crippen molar-refractivity contribution in [1.29, 1.82) is 0 Å². The molecule has 2 unspecified atom stereocenters. The second-order valence-electron chi connectivity index (χ2n) is 4.51. The lowest BCUT2D eigenvalue weighted by Crippen LogP contribution is -2.54. The van der Waals surface area contributed by atoms with Crippen molar-refractivity contribution >= 4 is 17.4 Å². The Morgan fingerprint density at radius 2 is 2.19 bits per heavy atom. The van der Waals surface area contributed by atoms with Crippen molar-refractivity contribution in [3.05, 3.63) is 24.3 Å². The molecule has 2 nitrogen and oxygen atoms in total. The third-order valence-corrected chi connectivity index (χ3v) is 3.87. The van der Waals surface area contributed by atoms with Crippen LogP contribution in [0.5, 0.6) is 0 Å². The van der Waals surface area contributed by atoms with Crippen LogP contribution >= 0.6 is 11.8 Å². The molecule has 1 aliphatic rings. The molecule has 0 aromatic heterocycles. The molecule has 2 rings (SSSR count). The van der Waals surface area contributed by atoms with Crippen LogP contribution in [-0.2, 0) is 0 Å². The van der Waals surface area contributed by atoms with Gasteiger partial charge < -0.3 is 10.2 Å². The number of nitrogens with zero attached hydrogens (tertiary/aromatic N) is 1. The van der Waals surface area contributed by atoms with Crippen molar-refractivity contribution in [2.24, 2.45) is 0 Å². The average Bonchev–Trinajstić information content (AvgIpc) is 2.32. The SMILES string of the molecule is CSc1cccc(N2CC(C)NCC2C)c1. The molecule has 88 valence electrons. The average molecular weight is 236 g/mol. The lowest BCUT2D eigenvalue weighted by Gasteiger charge is -2.39. The molecule has 1 aromatic carbocycles. The van der Waals surface area contributed by atoms with Gasteiger partial charge in [-0.25, -0.2) is 0 Å². The van der Waals surface area contributed by atoms with Crippen LogP contribution in [0.25, 0.3) is 0 Å². The van der Waals surface area contributed by atoms with Crippen LogP contribution in [0.4, 0.5) is 5.69 Å². The van der Waals surface area contributed by atoms with Crippen LogP contribution in [0.1, 0.15) is 13.8 Å². The summed E-state index contributed by atoms with van der Waals surface area (Å²) < 4.78 is 0. The molecule has 1 saturated heterocycles. The molecule has 0 aliphatic carbocycles. The Kier molecular flexibility index (Phi) is 3.77. The Hall–Kier alpha value is -0.670. The van der Waals surface area contributed by atoms with Crippen molar-refractivity contribution in [1.82, 2.24) is 5.32 Å². The van der Waals surface area contributed by atoms with Crippen molar-refractivity contribution in [2.75, 3.05) is 24.2 Å². The minimum atomic E-state index is 0.577. The van der Waals surface area contributed by atoms with Gasteiger partial charge in [0, 0.05) is 35.8 Å². The predicted molar refractivity (Wildman–Crippen MR) is 72.5 cm³/mol. The maximum atomic E-state index is 3.51. The molecule has 1 heterocycles. The van der Waals surface area contributed by atoms with Gasteiger partial charge in [0.05, 0.1) is 0 Å². The van der Waals surface area contributed by atoms with E-state index in [0.29, 0.717) is 12.1 Å². The summed E-state index contributed by atoms with van der Waals surface area (Å²) >= 11 is 1.81. The maximum Gasteiger partial charge on any atom is 0.0387 e. The summed E-state index contributed by atoms with van der Waals surface area (Å²) in [6, 6.07) is 9.99. The molecule has 0 saturated carbocycles. The van der Waals surface area contributed by atoms with Gasteiger partial charge in [-0.05, 0) is 38.3 Å². The van der Waals surface area contributed by atoms with E-state index in [0.717, 1.165) is 13.1 Å². The van der Waals surface area contributed by atoms with Gasteiger partial charge in [0.1, 0.15) is 0 Å². The largest absolute Gasteiger partial charge is 0.366 e. The number of nitrogens with one attached hydrogen (secondary N) is 1. The molecule has 0 amide bonds. The van der Waals surface area contributed by atoms with Crippen LogP contribution in [0.3, 0.4) is 0 Å². The Morgan fingerprint density at radius 3 is 2.94 bits per heavy atom. The van der Waals surface area contributed by atoms with Crippen molar-refractivity contribution in [3.8, 4) is 0 Å². The van der Waals surface area contributed by atoms with Crippen LogP contribution in [0.15, 0.2) is 29.2 Å². The monoisotopic (exact) mass is 236 g/mol. The highest BCUT2D eigenvalue weighted by Crippen LogP contribution is 2.24. The van der Waals surface area contributed by atoms with Gasteiger partial charge in [0.2, 0.25) is 0 Å². The summed E-state index contributed by atoms with van der Waals surface area (Å²) in [6.45, 7) is 6.70. The predicted octanol–water partition coefficient (Wildman–Crippen LogP) is 2.60. The smallest absolute Gasteiger partial charge is 0.0387 e. The first-order valence-corrected chi connectivity index (χ1v) is 7.07. The molecule has 0 radical (unpaired) electrons. The summed E-state index contributed by atoms with van der Waals surface area (Å²) in [5.41, 5.74) is 1.35. The number of anilines is 1. The molecule has 0 bridgehead atoms. The Bertz CT molecular complexity index is 354. The summed E-state index contributed by atoms with van der Waals surface area (Å²) in [5, 5.41) is 3.51. The molecule has 16 heavy (non-hydrogen) atoms. The van der Waals surface area contributed by atoms with E-state index in [4.69, 9.17) is 0 Å². The number of benzene rings is 1. The Labute approximate surface area is 102 Å². The molecule has 1 aliphatic heterocycles. The van der Waals surface area contributed by atoms with E-state index in [2.05, 4.69) is 54.6 Å². The van der Waals surface area contributed by atoms with E-state index in [1.807, 2.05) is 0 Å². The lowest BCUT2D eigenvalue weighted by molar-refractivity contribution is 0.425. The molecule has 0 spiro atoms. The van der Waals surface area contributed by atoms with E-state index < -0.39 is 0 Å². The van der Waals surface area contributed by atoms with Gasteiger partial charge >= 0.3 is 0 Å². The van der Waals surface area contributed by atoms with Crippen LogP contribution in [0.2, 0.25) is 0 Å². The standard InChI is InChI=1S/C13H20N2S/c1-10-9-15(11(2)8-14-10)12-5-4-6-13(7-12)16-3/h4-7,10-11,14H,8-9H2,1-3H3. The molecule has 2 atom stereocenters. The molecule has 1 aromatic rings. The van der Waals surface area contributed by atoms with Crippen molar-refractivity contribution in [3.63, 3.8) is 0 Å². The zero-order chi connectivity index (χ0) is 11.5. The topological polar surface area (TPSA) is 15.3 Å². The van der Waals surface area contributed by atoms with E-state index >= 15 is 0 Å². The molecular weight excluding hydrogens is 216 g/mol. The zero-order valence-corrected chi connectivity index (χ0v) is 11.1. The molecular formula is C13H20N2S. The summed E-state index contributed by atoms with van der Waals surface area (Å²) in [6.07, 6.45) is 2.13. The fourth-order valence-corrected chi connectivity index (χ4v) is 2.62. The second kappa shape index (κ2) is 5.11. The van der Waals surface area contributed by atoms with Gasteiger partial charge in [-0.3, -0.25) is 0 Å². The molecule has 1 fully saturated rings. The van der Waals surface area contributed by atoms with Gasteiger partial charge in [-0.2, -0.15) is 0 Å². The first-order valence-electron chi connectivity index (χ1n) is 5.85. The third kappa shape index (κ3) is 2.53. The number of hydrogen-bond donors (Lipinski definition) is 1. The zero-order valence-electron chi connectivity index (χ0n) is 10.2. The Balaban J connectivity index is 2.20. The number of hydrogen-bond acceptors (Lipinski definition) is 3. The van der Waals surface area contributed by atoms with E-state index in [9.17, 15) is 0 Å². The van der Waals surface area contributed by atoms with E-state index in [1.165, 1.54) is 10.6 Å². The first kappa shape index (κ1) is 11.8. The quantitative estimate of drug-likeness (QED) is 0.795. The lowest BCUT2D eigenvalue weighted by atomic mass is 10.1. The van der Waals surface area contributed by atoms with Gasteiger partial charge in [-0.1, -0.05) is 6.07 Å². The van der Waals surface area contributed by atoms with Crippen LogP contribution in [-0.4, -0.2) is 31.4 Å².